The van der Waals surface area contributed by atoms with Gasteiger partial charge >= 0.3 is 12.0 Å². The van der Waals surface area contributed by atoms with E-state index in [9.17, 15) is 9.59 Å². The second kappa shape index (κ2) is 5.93. The Morgan fingerprint density at radius 3 is 2.63 bits per heavy atom. The van der Waals surface area contributed by atoms with E-state index in [4.69, 9.17) is 11.6 Å². The molecule has 0 bridgehead atoms. The smallest absolute Gasteiger partial charge is 0.339 e. The highest BCUT2D eigenvalue weighted by Gasteiger charge is 2.18. The number of ether oxygens (including phenoxy) is 1. The highest BCUT2D eigenvalue weighted by Crippen LogP contribution is 2.22. The first-order valence-corrected chi connectivity index (χ1v) is 6.43. The minimum Gasteiger partial charge on any atom is -0.465 e. The zero-order chi connectivity index (χ0) is 13.8. The van der Waals surface area contributed by atoms with Crippen molar-refractivity contribution in [2.45, 2.75) is 12.8 Å². The van der Waals surface area contributed by atoms with E-state index in [0.29, 0.717) is 10.7 Å². The Morgan fingerprint density at radius 1 is 1.32 bits per heavy atom. The van der Waals surface area contributed by atoms with Crippen LogP contribution in [0.2, 0.25) is 5.02 Å². The maximum atomic E-state index is 11.9. The zero-order valence-electron chi connectivity index (χ0n) is 10.6. The minimum atomic E-state index is -0.526. The van der Waals surface area contributed by atoms with E-state index in [2.05, 4.69) is 10.1 Å². The van der Waals surface area contributed by atoms with Crippen molar-refractivity contribution in [3.63, 3.8) is 0 Å². The number of nitrogens with zero attached hydrogens (tertiary/aromatic N) is 1. The van der Waals surface area contributed by atoms with E-state index in [0.717, 1.165) is 25.9 Å². The number of methoxy groups -OCH3 is 1. The van der Waals surface area contributed by atoms with Gasteiger partial charge in [-0.05, 0) is 31.0 Å². The second-order valence-corrected chi connectivity index (χ2v) is 4.72. The van der Waals surface area contributed by atoms with Crippen LogP contribution in [-0.2, 0) is 4.74 Å². The van der Waals surface area contributed by atoms with Crippen molar-refractivity contribution >= 4 is 29.3 Å². The molecule has 0 atom stereocenters. The highest BCUT2D eigenvalue weighted by atomic mass is 35.5. The average molecular weight is 283 g/mol. The summed E-state index contributed by atoms with van der Waals surface area (Å²) in [6.07, 6.45) is 2.06. The summed E-state index contributed by atoms with van der Waals surface area (Å²) in [6.45, 7) is 1.53. The van der Waals surface area contributed by atoms with Gasteiger partial charge in [0.25, 0.3) is 0 Å². The van der Waals surface area contributed by atoms with Gasteiger partial charge in [-0.15, -0.1) is 0 Å². The molecule has 0 aliphatic carbocycles. The van der Waals surface area contributed by atoms with Crippen molar-refractivity contribution in [1.82, 2.24) is 4.90 Å². The summed E-state index contributed by atoms with van der Waals surface area (Å²) >= 11 is 5.91. The molecule has 2 rings (SSSR count). The monoisotopic (exact) mass is 282 g/mol. The molecular formula is C13H15ClN2O3. The van der Waals surface area contributed by atoms with Gasteiger partial charge in [-0.2, -0.15) is 0 Å². The van der Waals surface area contributed by atoms with E-state index in [1.54, 1.807) is 17.0 Å². The number of anilines is 1. The van der Waals surface area contributed by atoms with Crippen molar-refractivity contribution in [1.29, 1.82) is 0 Å². The number of hydrogen-bond donors (Lipinski definition) is 1. The molecule has 1 fully saturated rings. The lowest BCUT2D eigenvalue weighted by atomic mass is 10.2. The number of carbonyl (C=O) groups excluding carboxylic acids is 2. The van der Waals surface area contributed by atoms with Crippen LogP contribution in [0, 0.1) is 0 Å². The fraction of sp³-hybridized carbons (Fsp3) is 0.385. The molecule has 19 heavy (non-hydrogen) atoms. The molecule has 1 aliphatic heterocycles. The molecular weight excluding hydrogens is 268 g/mol. The van der Waals surface area contributed by atoms with E-state index in [1.807, 2.05) is 0 Å². The van der Waals surface area contributed by atoms with Gasteiger partial charge < -0.3 is 15.0 Å². The SMILES string of the molecule is COC(=O)c1cc(NC(=O)N2CCCC2)ccc1Cl. The summed E-state index contributed by atoms with van der Waals surface area (Å²) in [4.78, 5) is 25.2. The summed E-state index contributed by atoms with van der Waals surface area (Å²) in [5.74, 6) is -0.526. The number of amides is 2. The first-order chi connectivity index (χ1) is 9.11. The van der Waals surface area contributed by atoms with Crippen LogP contribution >= 0.6 is 11.6 Å². The number of likely N-dealkylation sites (tertiary alicyclic amines) is 1. The molecule has 102 valence electrons. The maximum absolute atomic E-state index is 11.9. The molecule has 5 nitrogen and oxygen atoms in total. The van der Waals surface area contributed by atoms with Crippen LogP contribution in [0.15, 0.2) is 18.2 Å². The number of nitrogens with one attached hydrogen (secondary N) is 1. The lowest BCUT2D eigenvalue weighted by molar-refractivity contribution is 0.0601. The molecule has 0 radical (unpaired) electrons. The summed E-state index contributed by atoms with van der Waals surface area (Å²) < 4.78 is 4.63. The van der Waals surface area contributed by atoms with E-state index in [1.165, 1.54) is 13.2 Å². The van der Waals surface area contributed by atoms with E-state index >= 15 is 0 Å². The van der Waals surface area contributed by atoms with Crippen LogP contribution in [0.25, 0.3) is 0 Å². The maximum Gasteiger partial charge on any atom is 0.339 e. The molecule has 0 aromatic heterocycles. The number of hydrogen-bond acceptors (Lipinski definition) is 3. The first kappa shape index (κ1) is 13.7. The predicted octanol–water partition coefficient (Wildman–Crippen LogP) is 2.75. The summed E-state index contributed by atoms with van der Waals surface area (Å²) in [5.41, 5.74) is 0.769. The summed E-state index contributed by atoms with van der Waals surface area (Å²) in [6, 6.07) is 4.58. The van der Waals surface area contributed by atoms with Crippen molar-refractivity contribution in [2.75, 3.05) is 25.5 Å². The summed E-state index contributed by atoms with van der Waals surface area (Å²) in [7, 11) is 1.29. The molecule has 2 amide bonds. The highest BCUT2D eigenvalue weighted by molar-refractivity contribution is 6.33. The molecule has 1 N–H and O–H groups in total. The van der Waals surface area contributed by atoms with Gasteiger partial charge in [0.05, 0.1) is 17.7 Å². The third-order valence-electron chi connectivity index (χ3n) is 3.02. The predicted molar refractivity (Wildman–Crippen MR) is 72.6 cm³/mol. The second-order valence-electron chi connectivity index (χ2n) is 4.31. The molecule has 0 unspecified atom stereocenters. The number of benzene rings is 1. The molecule has 6 heteroatoms. The quantitative estimate of drug-likeness (QED) is 0.849. The Kier molecular flexibility index (Phi) is 4.27. The molecule has 1 aliphatic rings. The van der Waals surface area contributed by atoms with Crippen molar-refractivity contribution in [3.05, 3.63) is 28.8 Å². The molecule has 0 saturated carbocycles. The van der Waals surface area contributed by atoms with Crippen LogP contribution in [-0.4, -0.2) is 37.1 Å². The minimum absolute atomic E-state index is 0.157. The standard InChI is InChI=1S/C13H15ClN2O3/c1-19-12(17)10-8-9(4-5-11(10)14)15-13(18)16-6-2-3-7-16/h4-5,8H,2-3,6-7H2,1H3,(H,15,18). The molecule has 1 aromatic carbocycles. The summed E-state index contributed by atoms with van der Waals surface area (Å²) in [5, 5.41) is 3.05. The van der Waals surface area contributed by atoms with Crippen LogP contribution in [0.5, 0.6) is 0 Å². The number of halogens is 1. The van der Waals surface area contributed by atoms with Crippen molar-refractivity contribution < 1.29 is 14.3 Å². The Morgan fingerprint density at radius 2 is 2.00 bits per heavy atom. The number of esters is 1. The van der Waals surface area contributed by atoms with Gasteiger partial charge in [0.15, 0.2) is 0 Å². The number of urea groups is 1. The lowest BCUT2D eigenvalue weighted by Crippen LogP contribution is -2.32. The lowest BCUT2D eigenvalue weighted by Gasteiger charge is -2.16. The van der Waals surface area contributed by atoms with Gasteiger partial charge in [0.2, 0.25) is 0 Å². The zero-order valence-corrected chi connectivity index (χ0v) is 11.4. The van der Waals surface area contributed by atoms with E-state index in [-0.39, 0.29) is 11.6 Å². The Bertz CT molecular complexity index is 499. The largest absolute Gasteiger partial charge is 0.465 e. The van der Waals surface area contributed by atoms with Gasteiger partial charge in [-0.3, -0.25) is 0 Å². The molecule has 1 aromatic rings. The van der Waals surface area contributed by atoms with Gasteiger partial charge in [-0.25, -0.2) is 9.59 Å². The van der Waals surface area contributed by atoms with Crippen molar-refractivity contribution in [3.8, 4) is 0 Å². The molecule has 0 spiro atoms. The van der Waals surface area contributed by atoms with Crippen LogP contribution in [0.1, 0.15) is 23.2 Å². The van der Waals surface area contributed by atoms with Gasteiger partial charge in [-0.1, -0.05) is 11.6 Å². The Hall–Kier alpha value is -1.75. The average Bonchev–Trinajstić information content (AvgIpc) is 2.94. The molecule has 1 heterocycles. The van der Waals surface area contributed by atoms with Crippen LogP contribution < -0.4 is 5.32 Å². The third kappa shape index (κ3) is 3.17. The fourth-order valence-electron chi connectivity index (χ4n) is 1.99. The fourth-order valence-corrected chi connectivity index (χ4v) is 2.19. The van der Waals surface area contributed by atoms with E-state index < -0.39 is 5.97 Å². The third-order valence-corrected chi connectivity index (χ3v) is 3.35. The Balaban J connectivity index is 2.12. The molecule has 1 saturated heterocycles. The normalized spacial score (nSPS) is 14.3. The van der Waals surface area contributed by atoms with Gasteiger partial charge in [0.1, 0.15) is 0 Å². The van der Waals surface area contributed by atoms with Crippen LogP contribution in [0.4, 0.5) is 10.5 Å². The Labute approximate surface area is 116 Å². The van der Waals surface area contributed by atoms with Gasteiger partial charge in [0, 0.05) is 18.8 Å². The van der Waals surface area contributed by atoms with Crippen LogP contribution in [0.3, 0.4) is 0 Å². The first-order valence-electron chi connectivity index (χ1n) is 6.05. The number of rotatable bonds is 2. The topological polar surface area (TPSA) is 58.6 Å². The number of carbonyl (C=O) groups is 2. The van der Waals surface area contributed by atoms with Crippen molar-refractivity contribution in [2.24, 2.45) is 0 Å².